The van der Waals surface area contributed by atoms with Crippen molar-refractivity contribution in [3.8, 4) is 5.69 Å². The number of amides is 2. The molecule has 0 fully saturated rings. The lowest BCUT2D eigenvalue weighted by Crippen LogP contribution is -2.41. The Morgan fingerprint density at radius 1 is 1.12 bits per heavy atom. The van der Waals surface area contributed by atoms with Crippen molar-refractivity contribution in [3.05, 3.63) is 47.3 Å². The number of benzene rings is 1. The van der Waals surface area contributed by atoms with E-state index in [1.165, 1.54) is 4.90 Å². The Balaban J connectivity index is 2.05. The SMILES string of the molecule is CNC(=O)CN(C)C(=O)CN(C)Cc1c(C)nn(-c2ccccc2)c1C. The average molecular weight is 357 g/mol. The van der Waals surface area contributed by atoms with Gasteiger partial charge in [0.05, 0.1) is 24.5 Å². The number of likely N-dealkylation sites (N-methyl/N-ethyl adjacent to an activating group) is 3. The summed E-state index contributed by atoms with van der Waals surface area (Å²) in [4.78, 5) is 27.0. The van der Waals surface area contributed by atoms with Gasteiger partial charge in [-0.25, -0.2) is 4.68 Å². The van der Waals surface area contributed by atoms with Crippen molar-refractivity contribution in [2.75, 3.05) is 34.2 Å². The maximum atomic E-state index is 12.3. The summed E-state index contributed by atoms with van der Waals surface area (Å²) < 4.78 is 1.93. The monoisotopic (exact) mass is 357 g/mol. The van der Waals surface area contributed by atoms with Crippen LogP contribution in [0.1, 0.15) is 17.0 Å². The number of para-hydroxylation sites is 1. The van der Waals surface area contributed by atoms with E-state index < -0.39 is 0 Å². The van der Waals surface area contributed by atoms with Gasteiger partial charge in [-0.15, -0.1) is 0 Å². The minimum Gasteiger partial charge on any atom is -0.358 e. The summed E-state index contributed by atoms with van der Waals surface area (Å²) >= 11 is 0. The first-order valence-corrected chi connectivity index (χ1v) is 8.57. The van der Waals surface area contributed by atoms with Gasteiger partial charge in [-0.05, 0) is 33.0 Å². The lowest BCUT2D eigenvalue weighted by molar-refractivity contribution is -0.135. The van der Waals surface area contributed by atoms with Gasteiger partial charge in [0.2, 0.25) is 11.8 Å². The van der Waals surface area contributed by atoms with Crippen LogP contribution in [0.25, 0.3) is 5.69 Å². The highest BCUT2D eigenvalue weighted by atomic mass is 16.2. The number of hydrogen-bond donors (Lipinski definition) is 1. The quantitative estimate of drug-likeness (QED) is 0.806. The van der Waals surface area contributed by atoms with Gasteiger partial charge < -0.3 is 10.2 Å². The first kappa shape index (κ1) is 19.7. The van der Waals surface area contributed by atoms with E-state index in [1.54, 1.807) is 14.1 Å². The summed E-state index contributed by atoms with van der Waals surface area (Å²) in [5, 5.41) is 7.16. The van der Waals surface area contributed by atoms with Gasteiger partial charge in [-0.2, -0.15) is 5.10 Å². The van der Waals surface area contributed by atoms with Gasteiger partial charge in [0, 0.05) is 31.9 Å². The van der Waals surface area contributed by atoms with Crippen LogP contribution in [0.4, 0.5) is 0 Å². The topological polar surface area (TPSA) is 70.5 Å². The number of carbonyl (C=O) groups is 2. The first-order valence-electron chi connectivity index (χ1n) is 8.57. The van der Waals surface area contributed by atoms with Gasteiger partial charge in [0.15, 0.2) is 0 Å². The lowest BCUT2D eigenvalue weighted by Gasteiger charge is -2.21. The molecule has 0 aliphatic carbocycles. The van der Waals surface area contributed by atoms with E-state index in [0.717, 1.165) is 22.6 Å². The molecule has 2 rings (SSSR count). The predicted molar refractivity (Wildman–Crippen MR) is 101 cm³/mol. The zero-order chi connectivity index (χ0) is 19.3. The Morgan fingerprint density at radius 3 is 2.38 bits per heavy atom. The molecule has 1 heterocycles. The van der Waals surface area contributed by atoms with Crippen LogP contribution >= 0.6 is 0 Å². The summed E-state index contributed by atoms with van der Waals surface area (Å²) in [6, 6.07) is 9.98. The summed E-state index contributed by atoms with van der Waals surface area (Å²) in [5.74, 6) is -0.277. The van der Waals surface area contributed by atoms with E-state index in [9.17, 15) is 9.59 Å². The molecule has 1 N–H and O–H groups in total. The Morgan fingerprint density at radius 2 is 1.77 bits per heavy atom. The van der Waals surface area contributed by atoms with Crippen molar-refractivity contribution < 1.29 is 9.59 Å². The fourth-order valence-electron chi connectivity index (χ4n) is 2.78. The molecule has 0 atom stereocenters. The molecule has 7 heteroatoms. The highest BCUT2D eigenvalue weighted by Crippen LogP contribution is 2.19. The summed E-state index contributed by atoms with van der Waals surface area (Å²) in [6.45, 7) is 4.94. The fraction of sp³-hybridized carbons (Fsp3) is 0.421. The molecule has 0 spiro atoms. The van der Waals surface area contributed by atoms with E-state index in [-0.39, 0.29) is 24.9 Å². The molecule has 2 amide bonds. The molecule has 2 aromatic rings. The Bertz CT molecular complexity index is 770. The molecule has 1 aromatic heterocycles. The van der Waals surface area contributed by atoms with E-state index in [2.05, 4.69) is 10.4 Å². The third kappa shape index (κ3) is 4.70. The third-order valence-electron chi connectivity index (χ3n) is 4.36. The van der Waals surface area contributed by atoms with E-state index in [0.29, 0.717) is 6.54 Å². The molecule has 0 radical (unpaired) electrons. The normalized spacial score (nSPS) is 10.8. The summed E-state index contributed by atoms with van der Waals surface area (Å²) in [5.41, 5.74) is 4.14. The predicted octanol–water partition coefficient (Wildman–Crippen LogP) is 1.13. The van der Waals surface area contributed by atoms with Gasteiger partial charge in [0.1, 0.15) is 0 Å². The molecular weight excluding hydrogens is 330 g/mol. The van der Waals surface area contributed by atoms with Crippen molar-refractivity contribution in [1.82, 2.24) is 24.9 Å². The second-order valence-corrected chi connectivity index (χ2v) is 6.49. The third-order valence-corrected chi connectivity index (χ3v) is 4.36. The smallest absolute Gasteiger partial charge is 0.239 e. The Labute approximate surface area is 154 Å². The number of carbonyl (C=O) groups excluding carboxylic acids is 2. The molecule has 0 unspecified atom stereocenters. The maximum absolute atomic E-state index is 12.3. The van der Waals surface area contributed by atoms with Gasteiger partial charge in [-0.3, -0.25) is 14.5 Å². The number of aryl methyl sites for hydroxylation is 1. The van der Waals surface area contributed by atoms with Crippen molar-refractivity contribution in [3.63, 3.8) is 0 Å². The van der Waals surface area contributed by atoms with Crippen molar-refractivity contribution in [1.29, 1.82) is 0 Å². The highest BCUT2D eigenvalue weighted by Gasteiger charge is 2.18. The molecule has 7 nitrogen and oxygen atoms in total. The van der Waals surface area contributed by atoms with Crippen LogP contribution < -0.4 is 5.32 Å². The van der Waals surface area contributed by atoms with Crippen LogP contribution in [-0.2, 0) is 16.1 Å². The minimum atomic E-state index is -0.181. The van der Waals surface area contributed by atoms with Crippen LogP contribution in [0.15, 0.2) is 30.3 Å². The molecule has 140 valence electrons. The molecule has 0 saturated heterocycles. The molecule has 26 heavy (non-hydrogen) atoms. The minimum absolute atomic E-state index is 0.0627. The van der Waals surface area contributed by atoms with Gasteiger partial charge in [0.25, 0.3) is 0 Å². The number of hydrogen-bond acceptors (Lipinski definition) is 4. The average Bonchev–Trinajstić information content (AvgIpc) is 2.90. The number of nitrogens with one attached hydrogen (secondary N) is 1. The standard InChI is InChI=1S/C19H27N5O2/c1-14-17(15(2)24(21-14)16-9-7-6-8-10-16)11-22(4)13-19(26)23(5)12-18(25)20-3/h6-10H,11-13H2,1-5H3,(H,20,25). The molecule has 0 bridgehead atoms. The highest BCUT2D eigenvalue weighted by molar-refractivity contribution is 5.85. The van der Waals surface area contributed by atoms with Crippen molar-refractivity contribution in [2.45, 2.75) is 20.4 Å². The fourth-order valence-corrected chi connectivity index (χ4v) is 2.78. The molecule has 0 saturated carbocycles. The molecule has 0 aliphatic heterocycles. The number of rotatable bonds is 7. The zero-order valence-corrected chi connectivity index (χ0v) is 16.1. The molecule has 1 aromatic carbocycles. The Hall–Kier alpha value is -2.67. The second-order valence-electron chi connectivity index (χ2n) is 6.49. The molecular formula is C19H27N5O2. The van der Waals surface area contributed by atoms with E-state index in [1.807, 2.05) is 60.8 Å². The van der Waals surface area contributed by atoms with Crippen molar-refractivity contribution in [2.24, 2.45) is 0 Å². The van der Waals surface area contributed by atoms with Crippen LogP contribution in [0.5, 0.6) is 0 Å². The Kier molecular flexibility index (Phi) is 6.52. The number of nitrogens with zero attached hydrogens (tertiary/aromatic N) is 4. The lowest BCUT2D eigenvalue weighted by atomic mass is 10.2. The van der Waals surface area contributed by atoms with Crippen LogP contribution in [-0.4, -0.2) is 65.6 Å². The van der Waals surface area contributed by atoms with E-state index in [4.69, 9.17) is 0 Å². The zero-order valence-electron chi connectivity index (χ0n) is 16.1. The summed E-state index contributed by atoms with van der Waals surface area (Å²) in [7, 11) is 5.09. The van der Waals surface area contributed by atoms with Gasteiger partial charge >= 0.3 is 0 Å². The van der Waals surface area contributed by atoms with Crippen molar-refractivity contribution >= 4 is 11.8 Å². The van der Waals surface area contributed by atoms with Crippen LogP contribution in [0, 0.1) is 13.8 Å². The van der Waals surface area contributed by atoms with Crippen LogP contribution in [0.3, 0.4) is 0 Å². The maximum Gasteiger partial charge on any atom is 0.239 e. The largest absolute Gasteiger partial charge is 0.358 e. The molecule has 0 aliphatic rings. The summed E-state index contributed by atoms with van der Waals surface area (Å²) in [6.07, 6.45) is 0. The number of aromatic nitrogens is 2. The second kappa shape index (κ2) is 8.62. The van der Waals surface area contributed by atoms with Crippen LogP contribution in [0.2, 0.25) is 0 Å². The first-order chi connectivity index (χ1) is 12.3. The van der Waals surface area contributed by atoms with E-state index >= 15 is 0 Å². The van der Waals surface area contributed by atoms with Gasteiger partial charge in [-0.1, -0.05) is 18.2 Å².